The van der Waals surface area contributed by atoms with E-state index in [1.54, 1.807) is 0 Å². The Morgan fingerprint density at radius 3 is 1.82 bits per heavy atom. The molecule has 0 fully saturated rings. The minimum Gasteiger partial charge on any atom is -0.306 e. The molecule has 3 heterocycles. The van der Waals surface area contributed by atoms with E-state index < -0.39 is 0 Å². The monoisotopic (exact) mass is 497 g/mol. The number of para-hydroxylation sites is 5. The van der Waals surface area contributed by atoms with Crippen LogP contribution in [0, 0.1) is 0 Å². The van der Waals surface area contributed by atoms with Crippen LogP contribution in [0.4, 0.5) is 0 Å². The maximum atomic E-state index is 2.47. The summed E-state index contributed by atoms with van der Waals surface area (Å²) in [4.78, 5) is 0. The fraction of sp³-hybridized carbons (Fsp3) is 0. The van der Waals surface area contributed by atoms with Crippen molar-refractivity contribution in [3.05, 3.63) is 140 Å². The van der Waals surface area contributed by atoms with Crippen molar-refractivity contribution >= 4 is 49.4 Å². The molecule has 0 N–H and O–H groups in total. The summed E-state index contributed by atoms with van der Waals surface area (Å²) in [6.45, 7) is 0. The molecule has 0 atom stereocenters. The van der Waals surface area contributed by atoms with Gasteiger partial charge in [0.1, 0.15) is 0 Å². The Morgan fingerprint density at radius 1 is 0.359 bits per heavy atom. The fourth-order valence-electron chi connectivity index (χ4n) is 6.60. The van der Waals surface area contributed by atoms with Gasteiger partial charge in [-0.3, -0.25) is 0 Å². The topological polar surface area (TPSA) is 14.3 Å². The van der Waals surface area contributed by atoms with Gasteiger partial charge in [-0.25, -0.2) is 0 Å². The first-order valence-corrected chi connectivity index (χ1v) is 13.4. The summed E-state index contributed by atoms with van der Waals surface area (Å²) < 4.78 is 7.34. The lowest BCUT2D eigenvalue weighted by Gasteiger charge is -2.26. The van der Waals surface area contributed by atoms with E-state index in [2.05, 4.69) is 153 Å². The Morgan fingerprint density at radius 2 is 1.00 bits per heavy atom. The highest BCUT2D eigenvalue weighted by Gasteiger charge is 2.24. The van der Waals surface area contributed by atoms with Gasteiger partial charge >= 0.3 is 0 Å². The summed E-state index contributed by atoms with van der Waals surface area (Å²) in [5.41, 5.74) is 13.3. The minimum atomic E-state index is 1.16. The van der Waals surface area contributed by atoms with E-state index in [0.717, 1.165) is 5.69 Å². The van der Waals surface area contributed by atoms with E-state index in [1.807, 2.05) is 0 Å². The van der Waals surface area contributed by atoms with E-state index in [-0.39, 0.29) is 0 Å². The summed E-state index contributed by atoms with van der Waals surface area (Å²) in [6.07, 6.45) is 0. The average molecular weight is 498 g/mol. The van der Waals surface area contributed by atoms with Crippen LogP contribution in [0.3, 0.4) is 0 Å². The quantitative estimate of drug-likeness (QED) is 0.167. The molecule has 0 unspecified atom stereocenters. The second-order valence-corrected chi connectivity index (χ2v) is 10.2. The first kappa shape index (κ1) is 20.7. The van der Waals surface area contributed by atoms with Crippen molar-refractivity contribution in [2.24, 2.45) is 0 Å². The number of nitrogens with zero attached hydrogens (tertiary/aromatic N) is 3. The number of aromatic nitrogens is 3. The van der Waals surface area contributed by atoms with Gasteiger partial charge in [0.25, 0.3) is 0 Å². The Hall–Kier alpha value is -5.28. The van der Waals surface area contributed by atoms with Crippen molar-refractivity contribution in [1.29, 1.82) is 0 Å². The maximum absolute atomic E-state index is 2.47. The van der Waals surface area contributed by atoms with Crippen LogP contribution in [-0.4, -0.2) is 13.5 Å². The third-order valence-electron chi connectivity index (χ3n) is 8.19. The lowest BCUT2D eigenvalue weighted by molar-refractivity contribution is 1.06. The molecule has 0 aliphatic carbocycles. The molecule has 39 heavy (non-hydrogen) atoms. The largest absolute Gasteiger partial charge is 0.306 e. The lowest BCUT2D eigenvalue weighted by atomic mass is 10.0. The molecule has 6 aromatic carbocycles. The second-order valence-electron chi connectivity index (χ2n) is 10.2. The second kappa shape index (κ2) is 7.62. The van der Waals surface area contributed by atoms with E-state index >= 15 is 0 Å². The van der Waals surface area contributed by atoms with Crippen LogP contribution in [0.5, 0.6) is 0 Å². The van der Waals surface area contributed by atoms with Crippen LogP contribution in [-0.2, 0) is 0 Å². The van der Waals surface area contributed by atoms with Crippen LogP contribution in [0.1, 0.15) is 0 Å². The molecule has 0 bridgehead atoms. The molecule has 1 aromatic heterocycles. The Bertz CT molecular complexity index is 2310. The Balaban J connectivity index is 1.54. The number of hydrogen-bond acceptors (Lipinski definition) is 0. The summed E-state index contributed by atoms with van der Waals surface area (Å²) >= 11 is 0. The van der Waals surface area contributed by atoms with Gasteiger partial charge in [0.2, 0.25) is 0 Å². The van der Waals surface area contributed by atoms with Crippen molar-refractivity contribution in [3.63, 3.8) is 0 Å². The van der Waals surface area contributed by atoms with Crippen LogP contribution in [0.2, 0.25) is 0 Å². The average Bonchev–Trinajstić information content (AvgIpc) is 3.34. The zero-order valence-corrected chi connectivity index (χ0v) is 21.1. The van der Waals surface area contributed by atoms with Crippen molar-refractivity contribution in [2.45, 2.75) is 0 Å². The predicted molar refractivity (Wildman–Crippen MR) is 163 cm³/mol. The number of hydrogen-bond donors (Lipinski definition) is 0. The summed E-state index contributed by atoms with van der Waals surface area (Å²) in [5, 5.41) is 2.55. The third-order valence-corrected chi connectivity index (χ3v) is 8.19. The van der Waals surface area contributed by atoms with Gasteiger partial charge in [0.15, 0.2) is 0 Å². The molecular formula is C36H23N3. The van der Waals surface area contributed by atoms with Crippen LogP contribution >= 0.6 is 0 Å². The SMILES string of the molecule is c1ccc(-c2ccc3c(c2)c2cccc4c2n3c2cccc3c2-n4c2ccccc2n3-c2ccccc2)cc1. The van der Waals surface area contributed by atoms with Gasteiger partial charge < -0.3 is 13.5 Å². The van der Waals surface area contributed by atoms with Crippen molar-refractivity contribution < 1.29 is 0 Å². The molecule has 3 heteroatoms. The number of benzene rings is 6. The molecule has 0 amide bonds. The predicted octanol–water partition coefficient (Wildman–Crippen LogP) is 9.24. The van der Waals surface area contributed by atoms with E-state index in [4.69, 9.17) is 0 Å². The van der Waals surface area contributed by atoms with E-state index in [9.17, 15) is 0 Å². The van der Waals surface area contributed by atoms with Gasteiger partial charge in [-0.15, -0.1) is 0 Å². The number of fused-ring (bicyclic) bond motifs is 7. The summed E-state index contributed by atoms with van der Waals surface area (Å²) in [5.74, 6) is 0. The van der Waals surface area contributed by atoms with E-state index in [1.165, 1.54) is 66.2 Å². The molecule has 0 radical (unpaired) electrons. The zero-order chi connectivity index (χ0) is 25.5. The molecule has 0 spiro atoms. The molecule has 2 aliphatic rings. The lowest BCUT2D eigenvalue weighted by Crippen LogP contribution is -2.13. The van der Waals surface area contributed by atoms with Gasteiger partial charge in [-0.2, -0.15) is 0 Å². The van der Waals surface area contributed by atoms with Crippen molar-refractivity contribution in [3.8, 4) is 22.5 Å². The highest BCUT2D eigenvalue weighted by atomic mass is 15.1. The van der Waals surface area contributed by atoms with Gasteiger partial charge in [-0.1, -0.05) is 84.9 Å². The standard InChI is InChI=1S/C36H23N3/c1-3-11-24(12-4-1)25-21-22-29-28(23-25)27-15-9-18-32-35(27)38(29)34-20-10-19-33-36(34)39(32)31-17-8-7-16-30(31)37(33)26-13-5-2-6-14-26/h1-23H. The van der Waals surface area contributed by atoms with E-state index in [0.29, 0.717) is 0 Å². The molecular weight excluding hydrogens is 474 g/mol. The molecule has 0 saturated carbocycles. The summed E-state index contributed by atoms with van der Waals surface area (Å²) in [6, 6.07) is 50.5. The number of rotatable bonds is 2. The zero-order valence-electron chi connectivity index (χ0n) is 21.1. The third kappa shape index (κ3) is 2.71. The first-order chi connectivity index (χ1) is 19.4. The minimum absolute atomic E-state index is 1.16. The summed E-state index contributed by atoms with van der Waals surface area (Å²) in [7, 11) is 0. The van der Waals surface area contributed by atoms with Crippen LogP contribution in [0.25, 0.3) is 71.9 Å². The molecule has 0 saturated heterocycles. The Labute approximate surface area is 224 Å². The Kier molecular flexibility index (Phi) is 4.05. The highest BCUT2D eigenvalue weighted by molar-refractivity contribution is 6.17. The molecule has 3 nitrogen and oxygen atoms in total. The maximum Gasteiger partial charge on any atom is 0.0947 e. The van der Waals surface area contributed by atoms with Crippen molar-refractivity contribution in [1.82, 2.24) is 13.5 Å². The normalized spacial score (nSPS) is 12.1. The van der Waals surface area contributed by atoms with Gasteiger partial charge in [0, 0.05) is 16.5 Å². The van der Waals surface area contributed by atoms with Crippen LogP contribution < -0.4 is 0 Å². The van der Waals surface area contributed by atoms with Crippen LogP contribution in [0.15, 0.2) is 140 Å². The smallest absolute Gasteiger partial charge is 0.0947 e. The van der Waals surface area contributed by atoms with Crippen molar-refractivity contribution in [2.75, 3.05) is 0 Å². The van der Waals surface area contributed by atoms with Gasteiger partial charge in [0.05, 0.1) is 44.3 Å². The molecule has 182 valence electrons. The van der Waals surface area contributed by atoms with Gasteiger partial charge in [-0.05, 0) is 65.7 Å². The molecule has 2 aliphatic heterocycles. The first-order valence-electron chi connectivity index (χ1n) is 13.4. The highest BCUT2D eigenvalue weighted by Crippen LogP contribution is 2.42. The molecule has 7 aromatic rings. The molecule has 9 rings (SSSR count). The fourth-order valence-corrected chi connectivity index (χ4v) is 6.60.